The quantitative estimate of drug-likeness (QED) is 0.220. The van der Waals surface area contributed by atoms with Crippen LogP contribution in [0, 0.1) is 0 Å². The van der Waals surface area contributed by atoms with Gasteiger partial charge in [0.2, 0.25) is 0 Å². The molecule has 5 aromatic rings. The number of ether oxygens (including phenoxy) is 2. The lowest BCUT2D eigenvalue weighted by Gasteiger charge is -2.13. The van der Waals surface area contributed by atoms with Gasteiger partial charge in [-0.25, -0.2) is 5.43 Å². The highest BCUT2D eigenvalue weighted by Gasteiger charge is 2.12. The van der Waals surface area contributed by atoms with E-state index in [4.69, 9.17) is 32.7 Å². The first-order valence-electron chi connectivity index (χ1n) is 10.7. The first kappa shape index (κ1) is 22.9. The number of nitrogens with zero attached hydrogens (tertiary/aromatic N) is 5. The Kier molecular flexibility index (Phi) is 6.39. The molecule has 0 spiro atoms. The molecule has 0 fully saturated rings. The highest BCUT2D eigenvalue weighted by molar-refractivity contribution is 6.35. The van der Waals surface area contributed by atoms with Crippen molar-refractivity contribution in [2.24, 2.45) is 12.1 Å². The van der Waals surface area contributed by atoms with Crippen LogP contribution in [-0.2, 0) is 13.7 Å². The smallest absolute Gasteiger partial charge is 0.265 e. The minimum Gasteiger partial charge on any atom is -0.493 e. The number of nitrogens with one attached hydrogen (secondary N) is 1. The van der Waals surface area contributed by atoms with Crippen molar-refractivity contribution >= 4 is 57.4 Å². The van der Waals surface area contributed by atoms with Crippen LogP contribution < -0.4 is 14.9 Å². The Bertz CT molecular complexity index is 1550. The third-order valence-corrected chi connectivity index (χ3v) is 6.21. The van der Waals surface area contributed by atoms with Crippen molar-refractivity contribution in [2.75, 3.05) is 12.5 Å². The van der Waals surface area contributed by atoms with E-state index >= 15 is 0 Å². The number of fused-ring (bicyclic) bond motifs is 3. The molecule has 0 bridgehead atoms. The van der Waals surface area contributed by atoms with Crippen molar-refractivity contribution in [1.29, 1.82) is 0 Å². The lowest BCUT2D eigenvalue weighted by Crippen LogP contribution is -2.01. The maximum absolute atomic E-state index is 6.23. The third kappa shape index (κ3) is 4.58. The number of benzene rings is 3. The molecule has 35 heavy (non-hydrogen) atoms. The summed E-state index contributed by atoms with van der Waals surface area (Å²) in [6.07, 6.45) is 1.63. The number of hydrogen-bond acceptors (Lipinski definition) is 7. The number of hydrogen-bond donors (Lipinski definition) is 1. The van der Waals surface area contributed by atoms with Gasteiger partial charge in [-0.05, 0) is 42.0 Å². The number of anilines is 1. The molecule has 176 valence electrons. The van der Waals surface area contributed by atoms with Gasteiger partial charge in [0.25, 0.3) is 5.95 Å². The molecule has 0 atom stereocenters. The van der Waals surface area contributed by atoms with Gasteiger partial charge < -0.3 is 14.0 Å². The fourth-order valence-corrected chi connectivity index (χ4v) is 4.23. The predicted molar refractivity (Wildman–Crippen MR) is 139 cm³/mol. The van der Waals surface area contributed by atoms with Gasteiger partial charge in [-0.3, -0.25) is 0 Å². The summed E-state index contributed by atoms with van der Waals surface area (Å²) in [6, 6.07) is 18.8. The molecule has 2 aromatic heterocycles. The topological polar surface area (TPSA) is 86.5 Å². The second-order valence-electron chi connectivity index (χ2n) is 7.65. The van der Waals surface area contributed by atoms with Gasteiger partial charge >= 0.3 is 0 Å². The maximum Gasteiger partial charge on any atom is 0.265 e. The molecule has 3 aromatic carbocycles. The van der Waals surface area contributed by atoms with E-state index in [9.17, 15) is 0 Å². The molecule has 0 saturated carbocycles. The molecule has 2 heterocycles. The molecular weight excluding hydrogens is 487 g/mol. The Morgan fingerprint density at radius 1 is 1.00 bits per heavy atom. The van der Waals surface area contributed by atoms with E-state index < -0.39 is 0 Å². The summed E-state index contributed by atoms with van der Waals surface area (Å²) >= 11 is 12.5. The first-order valence-corrected chi connectivity index (χ1v) is 11.4. The van der Waals surface area contributed by atoms with E-state index in [1.165, 1.54) is 0 Å². The standard InChI is InChI=1S/C25H20Cl2N6O2/c1-33-20-9-4-3-6-16(20)23-24(33)29-25(32-30-23)31-28-13-15-10-11-21(22(12-15)34-2)35-14-17-18(26)7-5-8-19(17)27/h3-13H,14H2,1-2H3,(H,29,31,32)/b28-13+. The van der Waals surface area contributed by atoms with Crippen molar-refractivity contribution < 1.29 is 9.47 Å². The molecule has 0 aliphatic carbocycles. The van der Waals surface area contributed by atoms with E-state index in [0.29, 0.717) is 33.1 Å². The van der Waals surface area contributed by atoms with Gasteiger partial charge in [-0.1, -0.05) is 47.5 Å². The fourth-order valence-electron chi connectivity index (χ4n) is 3.72. The summed E-state index contributed by atoms with van der Waals surface area (Å²) in [5, 5.41) is 14.8. The van der Waals surface area contributed by atoms with Crippen LogP contribution in [-0.4, -0.2) is 33.1 Å². The Labute approximate surface area is 211 Å². The van der Waals surface area contributed by atoms with Gasteiger partial charge in [0.1, 0.15) is 12.1 Å². The SMILES string of the molecule is COc1cc(/C=N/Nc2nnc3c4ccccc4n(C)c3n2)ccc1OCc1c(Cl)cccc1Cl. The van der Waals surface area contributed by atoms with Crippen LogP contribution in [0.2, 0.25) is 10.0 Å². The highest BCUT2D eigenvalue weighted by Crippen LogP contribution is 2.31. The van der Waals surface area contributed by atoms with Crippen molar-refractivity contribution in [2.45, 2.75) is 6.61 Å². The highest BCUT2D eigenvalue weighted by atomic mass is 35.5. The van der Waals surface area contributed by atoms with Gasteiger partial charge in [-0.15, -0.1) is 10.2 Å². The number of aryl methyl sites for hydroxylation is 1. The molecule has 0 unspecified atom stereocenters. The van der Waals surface area contributed by atoms with Crippen molar-refractivity contribution in [3.8, 4) is 11.5 Å². The molecule has 0 aliphatic heterocycles. The maximum atomic E-state index is 6.23. The number of methoxy groups -OCH3 is 1. The minimum atomic E-state index is 0.213. The van der Waals surface area contributed by atoms with E-state index in [0.717, 1.165) is 27.6 Å². The molecule has 5 rings (SSSR count). The van der Waals surface area contributed by atoms with Gasteiger partial charge in [-0.2, -0.15) is 10.1 Å². The zero-order valence-electron chi connectivity index (χ0n) is 18.9. The summed E-state index contributed by atoms with van der Waals surface area (Å²) < 4.78 is 13.4. The zero-order valence-corrected chi connectivity index (χ0v) is 20.4. The lowest BCUT2D eigenvalue weighted by molar-refractivity contribution is 0.284. The predicted octanol–water partition coefficient (Wildman–Crippen LogP) is 5.86. The summed E-state index contributed by atoms with van der Waals surface area (Å²) in [5.74, 6) is 1.40. The van der Waals surface area contributed by atoms with Crippen LogP contribution in [0.5, 0.6) is 11.5 Å². The van der Waals surface area contributed by atoms with Crippen LogP contribution >= 0.6 is 23.2 Å². The number of halogens is 2. The molecule has 8 nitrogen and oxygen atoms in total. The molecule has 0 aliphatic rings. The van der Waals surface area contributed by atoms with Crippen LogP contribution in [0.1, 0.15) is 11.1 Å². The van der Waals surface area contributed by atoms with Gasteiger partial charge in [0.05, 0.1) is 18.8 Å². The van der Waals surface area contributed by atoms with Crippen LogP contribution in [0.15, 0.2) is 65.8 Å². The summed E-state index contributed by atoms with van der Waals surface area (Å²) in [4.78, 5) is 4.56. The van der Waals surface area contributed by atoms with Gasteiger partial charge in [0, 0.05) is 28.0 Å². The molecular formula is C25H20Cl2N6O2. The van der Waals surface area contributed by atoms with E-state index in [1.54, 1.807) is 43.7 Å². The fraction of sp³-hybridized carbons (Fsp3) is 0.120. The summed E-state index contributed by atoms with van der Waals surface area (Å²) in [6.45, 7) is 0.213. The van der Waals surface area contributed by atoms with Crippen molar-refractivity contribution in [3.63, 3.8) is 0 Å². The van der Waals surface area contributed by atoms with Crippen LogP contribution in [0.25, 0.3) is 22.1 Å². The monoisotopic (exact) mass is 506 g/mol. The number of hydrazone groups is 1. The second-order valence-corrected chi connectivity index (χ2v) is 8.47. The average Bonchev–Trinajstić information content (AvgIpc) is 3.16. The van der Waals surface area contributed by atoms with E-state index in [-0.39, 0.29) is 6.61 Å². The Morgan fingerprint density at radius 3 is 2.60 bits per heavy atom. The summed E-state index contributed by atoms with van der Waals surface area (Å²) in [7, 11) is 3.52. The Balaban J connectivity index is 1.30. The zero-order chi connectivity index (χ0) is 24.4. The van der Waals surface area contributed by atoms with Crippen molar-refractivity contribution in [3.05, 3.63) is 81.8 Å². The summed E-state index contributed by atoms with van der Waals surface area (Å²) in [5.41, 5.74) is 6.85. The van der Waals surface area contributed by atoms with Gasteiger partial charge in [0.15, 0.2) is 17.1 Å². The van der Waals surface area contributed by atoms with Crippen molar-refractivity contribution in [1.82, 2.24) is 19.7 Å². The van der Waals surface area contributed by atoms with E-state index in [1.807, 2.05) is 41.9 Å². The molecule has 0 radical (unpaired) electrons. The second kappa shape index (κ2) is 9.77. The van der Waals surface area contributed by atoms with E-state index in [2.05, 4.69) is 25.7 Å². The number of para-hydroxylation sites is 1. The number of rotatable bonds is 7. The molecule has 10 heteroatoms. The Morgan fingerprint density at radius 2 is 1.80 bits per heavy atom. The van der Waals surface area contributed by atoms with Crippen LogP contribution in [0.3, 0.4) is 0 Å². The first-order chi connectivity index (χ1) is 17.0. The molecule has 0 saturated heterocycles. The number of aromatic nitrogens is 4. The largest absolute Gasteiger partial charge is 0.493 e. The molecule has 1 N–H and O–H groups in total. The average molecular weight is 507 g/mol. The van der Waals surface area contributed by atoms with Crippen LogP contribution in [0.4, 0.5) is 5.95 Å². The lowest BCUT2D eigenvalue weighted by atomic mass is 10.2. The third-order valence-electron chi connectivity index (χ3n) is 5.51. The molecule has 0 amide bonds. The minimum absolute atomic E-state index is 0.213. The normalized spacial score (nSPS) is 11.4. The Hall–Kier alpha value is -3.88.